The predicted molar refractivity (Wildman–Crippen MR) is 92.9 cm³/mol. The SMILES string of the molecule is O=C1NC(O)C(Cc2ccc(OCC(O)c3ccc(F)cc3)cc2)S1. The van der Waals surface area contributed by atoms with Gasteiger partial charge in [0, 0.05) is 0 Å². The number of hydrogen-bond donors (Lipinski definition) is 3. The fourth-order valence-corrected chi connectivity index (χ4v) is 3.45. The van der Waals surface area contributed by atoms with Gasteiger partial charge in [0.1, 0.15) is 30.5 Å². The lowest BCUT2D eigenvalue weighted by molar-refractivity contribution is 0.108. The second-order valence-electron chi connectivity index (χ2n) is 5.76. The summed E-state index contributed by atoms with van der Waals surface area (Å²) in [7, 11) is 0. The molecule has 0 spiro atoms. The van der Waals surface area contributed by atoms with Crippen molar-refractivity contribution in [3.05, 3.63) is 65.5 Å². The highest BCUT2D eigenvalue weighted by atomic mass is 32.2. The molecule has 1 heterocycles. The van der Waals surface area contributed by atoms with Crippen molar-refractivity contribution >= 4 is 17.0 Å². The monoisotopic (exact) mass is 363 g/mol. The van der Waals surface area contributed by atoms with Crippen molar-refractivity contribution in [2.24, 2.45) is 0 Å². The molecule has 132 valence electrons. The van der Waals surface area contributed by atoms with E-state index in [1.165, 1.54) is 24.3 Å². The van der Waals surface area contributed by atoms with Crippen molar-refractivity contribution in [3.8, 4) is 5.75 Å². The van der Waals surface area contributed by atoms with Crippen LogP contribution >= 0.6 is 11.8 Å². The van der Waals surface area contributed by atoms with Crippen LogP contribution in [0.25, 0.3) is 0 Å². The molecule has 2 aromatic rings. The summed E-state index contributed by atoms with van der Waals surface area (Å²) in [6.07, 6.45) is -1.12. The van der Waals surface area contributed by atoms with E-state index in [1.807, 2.05) is 12.1 Å². The van der Waals surface area contributed by atoms with Crippen LogP contribution in [0.4, 0.5) is 9.18 Å². The van der Waals surface area contributed by atoms with E-state index in [0.717, 1.165) is 17.3 Å². The van der Waals surface area contributed by atoms with Crippen LogP contribution in [0.5, 0.6) is 5.75 Å². The molecule has 3 atom stereocenters. The Morgan fingerprint density at radius 3 is 2.44 bits per heavy atom. The molecule has 25 heavy (non-hydrogen) atoms. The summed E-state index contributed by atoms with van der Waals surface area (Å²) in [4.78, 5) is 11.2. The summed E-state index contributed by atoms with van der Waals surface area (Å²) in [5, 5.41) is 21.8. The van der Waals surface area contributed by atoms with Crippen LogP contribution in [0.2, 0.25) is 0 Å². The lowest BCUT2D eigenvalue weighted by atomic mass is 10.1. The molecule has 1 aliphatic rings. The number of carbonyl (C=O) groups is 1. The maximum absolute atomic E-state index is 12.9. The van der Waals surface area contributed by atoms with Gasteiger partial charge >= 0.3 is 0 Å². The highest BCUT2D eigenvalue weighted by Gasteiger charge is 2.31. The lowest BCUT2D eigenvalue weighted by Gasteiger charge is -2.14. The van der Waals surface area contributed by atoms with Gasteiger partial charge in [-0.2, -0.15) is 0 Å². The van der Waals surface area contributed by atoms with Gasteiger partial charge in [-0.05, 0) is 41.8 Å². The standard InChI is InChI=1S/C18H18FNO4S/c19-13-5-3-12(4-6-13)15(21)10-24-14-7-1-11(2-8-14)9-16-17(22)20-18(23)25-16/h1-8,15-17,21-22H,9-10H2,(H,20,23). The van der Waals surface area contributed by atoms with Crippen molar-refractivity contribution in [3.63, 3.8) is 0 Å². The van der Waals surface area contributed by atoms with Crippen LogP contribution in [0, 0.1) is 5.82 Å². The molecule has 1 fully saturated rings. The van der Waals surface area contributed by atoms with Crippen LogP contribution < -0.4 is 10.1 Å². The van der Waals surface area contributed by atoms with Gasteiger partial charge in [-0.1, -0.05) is 36.0 Å². The Hall–Kier alpha value is -2.09. The number of benzene rings is 2. The van der Waals surface area contributed by atoms with Gasteiger partial charge in [-0.3, -0.25) is 4.79 Å². The number of aliphatic hydroxyl groups excluding tert-OH is 2. The second kappa shape index (κ2) is 7.86. The Kier molecular flexibility index (Phi) is 5.57. The molecule has 0 saturated carbocycles. The van der Waals surface area contributed by atoms with Crippen molar-refractivity contribution in [2.45, 2.75) is 24.0 Å². The van der Waals surface area contributed by atoms with E-state index in [9.17, 15) is 19.4 Å². The minimum absolute atomic E-state index is 0.0561. The van der Waals surface area contributed by atoms with Crippen LogP contribution in [0.15, 0.2) is 48.5 Å². The number of aliphatic hydroxyl groups is 2. The third-order valence-electron chi connectivity index (χ3n) is 3.90. The zero-order valence-corrected chi connectivity index (χ0v) is 14.1. The average molecular weight is 363 g/mol. The quantitative estimate of drug-likeness (QED) is 0.735. The molecule has 1 aliphatic heterocycles. The first-order valence-electron chi connectivity index (χ1n) is 7.82. The molecule has 0 radical (unpaired) electrons. The first-order chi connectivity index (χ1) is 12.0. The number of halogens is 1. The Labute approximate surface area is 148 Å². The highest BCUT2D eigenvalue weighted by molar-refractivity contribution is 8.14. The van der Waals surface area contributed by atoms with E-state index in [2.05, 4.69) is 5.32 Å². The second-order valence-corrected chi connectivity index (χ2v) is 6.97. The summed E-state index contributed by atoms with van der Waals surface area (Å²) < 4.78 is 18.4. The zero-order chi connectivity index (χ0) is 17.8. The Morgan fingerprint density at radius 1 is 1.16 bits per heavy atom. The molecule has 0 aliphatic carbocycles. The molecule has 7 heteroatoms. The Morgan fingerprint density at radius 2 is 1.84 bits per heavy atom. The lowest BCUT2D eigenvalue weighted by Crippen LogP contribution is -2.31. The molecular formula is C18H18FNO4S. The minimum Gasteiger partial charge on any atom is -0.491 e. The maximum Gasteiger partial charge on any atom is 0.281 e. The number of rotatable bonds is 6. The van der Waals surface area contributed by atoms with Crippen LogP contribution in [0.1, 0.15) is 17.2 Å². The van der Waals surface area contributed by atoms with Crippen LogP contribution in [-0.2, 0) is 6.42 Å². The summed E-state index contributed by atoms with van der Waals surface area (Å²) in [5.41, 5.74) is 1.56. The highest BCUT2D eigenvalue weighted by Crippen LogP contribution is 2.26. The van der Waals surface area contributed by atoms with Gasteiger partial charge in [0.05, 0.1) is 5.25 Å². The number of hydrogen-bond acceptors (Lipinski definition) is 5. The number of thioether (sulfide) groups is 1. The van der Waals surface area contributed by atoms with E-state index in [1.54, 1.807) is 12.1 Å². The third-order valence-corrected chi connectivity index (χ3v) is 4.96. The maximum atomic E-state index is 12.9. The van der Waals surface area contributed by atoms with Gasteiger partial charge in [0.25, 0.3) is 5.24 Å². The first kappa shape index (κ1) is 17.7. The molecule has 0 aromatic heterocycles. The van der Waals surface area contributed by atoms with Gasteiger partial charge in [-0.25, -0.2) is 4.39 Å². The largest absolute Gasteiger partial charge is 0.491 e. The van der Waals surface area contributed by atoms with E-state index in [-0.39, 0.29) is 22.9 Å². The molecule has 1 saturated heterocycles. The average Bonchev–Trinajstić information content (AvgIpc) is 2.92. The predicted octanol–water partition coefficient (Wildman–Crippen LogP) is 2.62. The van der Waals surface area contributed by atoms with Crippen LogP contribution in [-0.4, -0.2) is 33.5 Å². The van der Waals surface area contributed by atoms with Crippen molar-refractivity contribution in [2.75, 3.05) is 6.61 Å². The molecular weight excluding hydrogens is 345 g/mol. The first-order valence-corrected chi connectivity index (χ1v) is 8.70. The molecule has 1 amide bonds. The van der Waals surface area contributed by atoms with Gasteiger partial charge in [0.2, 0.25) is 0 Å². The number of carbonyl (C=O) groups excluding carboxylic acids is 1. The van der Waals surface area contributed by atoms with Crippen molar-refractivity contribution in [1.82, 2.24) is 5.32 Å². The van der Waals surface area contributed by atoms with Crippen molar-refractivity contribution < 1.29 is 24.1 Å². The summed E-state index contributed by atoms with van der Waals surface area (Å²) in [6.45, 7) is 0.0561. The van der Waals surface area contributed by atoms with Gasteiger partial charge in [-0.15, -0.1) is 0 Å². The fraction of sp³-hybridized carbons (Fsp3) is 0.278. The molecule has 3 unspecified atom stereocenters. The summed E-state index contributed by atoms with van der Waals surface area (Å²) in [5.74, 6) is 0.244. The third kappa shape index (κ3) is 4.72. The minimum atomic E-state index is -0.845. The topological polar surface area (TPSA) is 78.8 Å². The molecule has 2 aromatic carbocycles. The van der Waals surface area contributed by atoms with E-state index >= 15 is 0 Å². The molecule has 3 N–H and O–H groups in total. The number of nitrogens with one attached hydrogen (secondary N) is 1. The Balaban J connectivity index is 1.52. The number of ether oxygens (including phenoxy) is 1. The Bertz CT molecular complexity index is 723. The number of amides is 1. The molecule has 3 rings (SSSR count). The zero-order valence-electron chi connectivity index (χ0n) is 13.3. The van der Waals surface area contributed by atoms with E-state index in [0.29, 0.717) is 17.7 Å². The summed E-state index contributed by atoms with van der Waals surface area (Å²) in [6, 6.07) is 12.9. The van der Waals surface area contributed by atoms with Crippen molar-refractivity contribution in [1.29, 1.82) is 0 Å². The van der Waals surface area contributed by atoms with Crippen LogP contribution in [0.3, 0.4) is 0 Å². The normalized spacial score (nSPS) is 21.0. The molecule has 5 nitrogen and oxygen atoms in total. The van der Waals surface area contributed by atoms with Gasteiger partial charge < -0.3 is 20.3 Å². The molecule has 0 bridgehead atoms. The summed E-state index contributed by atoms with van der Waals surface area (Å²) >= 11 is 1.09. The van der Waals surface area contributed by atoms with E-state index in [4.69, 9.17) is 4.74 Å². The smallest absolute Gasteiger partial charge is 0.281 e. The fourth-order valence-electron chi connectivity index (χ4n) is 2.51. The van der Waals surface area contributed by atoms with E-state index < -0.39 is 12.3 Å². The van der Waals surface area contributed by atoms with Gasteiger partial charge in [0.15, 0.2) is 0 Å².